The van der Waals surface area contributed by atoms with Gasteiger partial charge in [0.15, 0.2) is 5.11 Å². The van der Waals surface area contributed by atoms with Gasteiger partial charge in [0.2, 0.25) is 0 Å². The molecule has 0 bridgehead atoms. The topological polar surface area (TPSA) is 24.1 Å². The van der Waals surface area contributed by atoms with E-state index in [0.29, 0.717) is 17.7 Å². The molecule has 1 rings (SSSR count). The van der Waals surface area contributed by atoms with Gasteiger partial charge in [-0.15, -0.1) is 6.42 Å². The minimum absolute atomic E-state index is 0.461. The Kier molecular flexibility index (Phi) is 3.62. The van der Waals surface area contributed by atoms with Gasteiger partial charge in [-0.1, -0.05) is 18.1 Å². The van der Waals surface area contributed by atoms with Gasteiger partial charge < -0.3 is 10.6 Å². The molecule has 64 valence electrons. The van der Waals surface area contributed by atoms with Gasteiger partial charge in [0.05, 0.1) is 6.54 Å². The Hall–Kier alpha value is -1.01. The highest BCUT2D eigenvalue weighted by atomic mass is 32.1. The zero-order valence-corrected chi connectivity index (χ0v) is 7.66. The Morgan fingerprint density at radius 3 is 2.83 bits per heavy atom. The predicted octanol–water partition coefficient (Wildman–Crippen LogP) is 0.802. The summed E-state index contributed by atoms with van der Waals surface area (Å²) in [7, 11) is 0. The van der Waals surface area contributed by atoms with Gasteiger partial charge >= 0.3 is 0 Å². The lowest BCUT2D eigenvalue weighted by Gasteiger charge is -2.14. The van der Waals surface area contributed by atoms with Crippen LogP contribution in [0, 0.1) is 12.3 Å². The lowest BCUT2D eigenvalue weighted by atomic mass is 10.2. The standard InChI is InChI=1S/C9H12N2S/c1-2-7-10-9(12)11-8-5-3-4-6-8/h1,3-4,8H,5-7H2,(H2,10,11,12). The van der Waals surface area contributed by atoms with E-state index in [0.717, 1.165) is 12.8 Å². The van der Waals surface area contributed by atoms with E-state index >= 15 is 0 Å². The van der Waals surface area contributed by atoms with Gasteiger partial charge in [-0.25, -0.2) is 0 Å². The maximum atomic E-state index is 5.07. The summed E-state index contributed by atoms with van der Waals surface area (Å²) >= 11 is 5.01. The van der Waals surface area contributed by atoms with Crippen LogP contribution in [-0.4, -0.2) is 17.7 Å². The Labute approximate surface area is 78.4 Å². The van der Waals surface area contributed by atoms with E-state index in [9.17, 15) is 0 Å². The molecule has 0 saturated carbocycles. The first-order valence-corrected chi connectivity index (χ1v) is 4.36. The largest absolute Gasteiger partial charge is 0.359 e. The molecule has 0 aromatic heterocycles. The van der Waals surface area contributed by atoms with Crippen LogP contribution in [-0.2, 0) is 0 Å². The Morgan fingerprint density at radius 1 is 1.58 bits per heavy atom. The molecule has 0 radical (unpaired) electrons. The number of terminal acetylenes is 1. The minimum atomic E-state index is 0.461. The second-order valence-electron chi connectivity index (χ2n) is 2.67. The zero-order valence-electron chi connectivity index (χ0n) is 6.84. The SMILES string of the molecule is C#CCNC(=S)NC1CC=CC1. The first-order valence-electron chi connectivity index (χ1n) is 3.95. The van der Waals surface area contributed by atoms with Gasteiger partial charge in [-0.2, -0.15) is 0 Å². The summed E-state index contributed by atoms with van der Waals surface area (Å²) in [5.74, 6) is 2.47. The second-order valence-corrected chi connectivity index (χ2v) is 3.08. The van der Waals surface area contributed by atoms with E-state index in [-0.39, 0.29) is 0 Å². The van der Waals surface area contributed by atoms with E-state index in [4.69, 9.17) is 18.6 Å². The molecule has 0 amide bonds. The van der Waals surface area contributed by atoms with E-state index in [1.54, 1.807) is 0 Å². The monoisotopic (exact) mass is 180 g/mol. The first-order chi connectivity index (χ1) is 5.83. The molecule has 2 nitrogen and oxygen atoms in total. The van der Waals surface area contributed by atoms with Crippen LogP contribution in [0.5, 0.6) is 0 Å². The van der Waals surface area contributed by atoms with Crippen molar-refractivity contribution in [3.63, 3.8) is 0 Å². The molecule has 1 aliphatic carbocycles. The van der Waals surface area contributed by atoms with Crippen LogP contribution in [0.4, 0.5) is 0 Å². The summed E-state index contributed by atoms with van der Waals surface area (Å²) in [5.41, 5.74) is 0. The highest BCUT2D eigenvalue weighted by Gasteiger charge is 2.09. The lowest BCUT2D eigenvalue weighted by molar-refractivity contribution is 0.646. The quantitative estimate of drug-likeness (QED) is 0.373. The molecule has 0 spiro atoms. The highest BCUT2D eigenvalue weighted by molar-refractivity contribution is 7.80. The van der Waals surface area contributed by atoms with Gasteiger partial charge in [-0.3, -0.25) is 0 Å². The Balaban J connectivity index is 2.14. The average Bonchev–Trinajstić information content (AvgIpc) is 2.53. The van der Waals surface area contributed by atoms with Crippen LogP contribution in [0.15, 0.2) is 12.2 Å². The molecule has 0 aromatic carbocycles. The number of hydrogen-bond donors (Lipinski definition) is 2. The zero-order chi connectivity index (χ0) is 8.81. The third-order valence-electron chi connectivity index (χ3n) is 1.69. The maximum Gasteiger partial charge on any atom is 0.167 e. The smallest absolute Gasteiger partial charge is 0.167 e. The van der Waals surface area contributed by atoms with Gasteiger partial charge in [0.1, 0.15) is 0 Å². The molecule has 0 heterocycles. The van der Waals surface area contributed by atoms with Crippen LogP contribution in [0.2, 0.25) is 0 Å². The fraction of sp³-hybridized carbons (Fsp3) is 0.444. The van der Waals surface area contributed by atoms with Gasteiger partial charge in [0.25, 0.3) is 0 Å². The normalized spacial score (nSPS) is 15.6. The third kappa shape index (κ3) is 2.93. The molecular weight excluding hydrogens is 168 g/mol. The van der Waals surface area contributed by atoms with Crippen LogP contribution >= 0.6 is 12.2 Å². The van der Waals surface area contributed by atoms with Crippen molar-refractivity contribution >= 4 is 17.3 Å². The molecule has 3 heteroatoms. The molecule has 0 fully saturated rings. The molecule has 0 unspecified atom stereocenters. The minimum Gasteiger partial charge on any atom is -0.359 e. The molecule has 12 heavy (non-hydrogen) atoms. The van der Waals surface area contributed by atoms with Crippen molar-refractivity contribution in [2.24, 2.45) is 0 Å². The van der Waals surface area contributed by atoms with Crippen LogP contribution in [0.3, 0.4) is 0 Å². The van der Waals surface area contributed by atoms with E-state index in [1.807, 2.05) is 0 Å². The number of nitrogens with one attached hydrogen (secondary N) is 2. The van der Waals surface area contributed by atoms with Crippen molar-refractivity contribution in [2.75, 3.05) is 6.54 Å². The molecule has 1 aliphatic rings. The highest BCUT2D eigenvalue weighted by Crippen LogP contribution is 2.08. The summed E-state index contributed by atoms with van der Waals surface area (Å²) in [5, 5.41) is 6.75. The molecular formula is C9H12N2S. The van der Waals surface area contributed by atoms with Crippen molar-refractivity contribution in [1.29, 1.82) is 0 Å². The van der Waals surface area contributed by atoms with Crippen molar-refractivity contribution in [2.45, 2.75) is 18.9 Å². The molecule has 2 N–H and O–H groups in total. The lowest BCUT2D eigenvalue weighted by Crippen LogP contribution is -2.40. The van der Waals surface area contributed by atoms with Crippen molar-refractivity contribution in [3.8, 4) is 12.3 Å². The summed E-state index contributed by atoms with van der Waals surface area (Å²) < 4.78 is 0. The molecule has 0 atom stereocenters. The predicted molar refractivity (Wildman–Crippen MR) is 54.7 cm³/mol. The molecule has 0 aliphatic heterocycles. The average molecular weight is 180 g/mol. The van der Waals surface area contributed by atoms with Crippen molar-refractivity contribution < 1.29 is 0 Å². The van der Waals surface area contributed by atoms with E-state index in [2.05, 4.69) is 28.7 Å². The number of rotatable bonds is 2. The third-order valence-corrected chi connectivity index (χ3v) is 1.96. The fourth-order valence-electron chi connectivity index (χ4n) is 1.10. The summed E-state index contributed by atoms with van der Waals surface area (Å²) in [4.78, 5) is 0. The second kappa shape index (κ2) is 4.78. The fourth-order valence-corrected chi connectivity index (χ4v) is 1.34. The van der Waals surface area contributed by atoms with Crippen LogP contribution in [0.1, 0.15) is 12.8 Å². The summed E-state index contributed by atoms with van der Waals surface area (Å²) in [6, 6.07) is 0.461. The van der Waals surface area contributed by atoms with E-state index in [1.165, 1.54) is 0 Å². The maximum absolute atomic E-state index is 5.07. The van der Waals surface area contributed by atoms with E-state index < -0.39 is 0 Å². The Bertz CT molecular complexity index is 219. The summed E-state index contributed by atoms with van der Waals surface area (Å²) in [6.45, 7) is 0.492. The van der Waals surface area contributed by atoms with Crippen molar-refractivity contribution in [1.82, 2.24) is 10.6 Å². The van der Waals surface area contributed by atoms with Crippen LogP contribution < -0.4 is 10.6 Å². The van der Waals surface area contributed by atoms with Gasteiger partial charge in [-0.05, 0) is 25.1 Å². The molecule has 0 saturated heterocycles. The van der Waals surface area contributed by atoms with Crippen LogP contribution in [0.25, 0.3) is 0 Å². The molecule has 0 aromatic rings. The number of thiocarbonyl (C=S) groups is 1. The number of hydrogen-bond acceptors (Lipinski definition) is 1. The first kappa shape index (κ1) is 9.08. The van der Waals surface area contributed by atoms with Gasteiger partial charge in [0, 0.05) is 6.04 Å². The summed E-state index contributed by atoms with van der Waals surface area (Å²) in [6.07, 6.45) is 11.5. The van der Waals surface area contributed by atoms with Crippen molar-refractivity contribution in [3.05, 3.63) is 12.2 Å². The Morgan fingerprint density at radius 2 is 2.25 bits per heavy atom.